The molecule has 82 valence electrons. The van der Waals surface area contributed by atoms with Gasteiger partial charge in [0.15, 0.2) is 0 Å². The Morgan fingerprint density at radius 3 is 2.93 bits per heavy atom. The lowest BCUT2D eigenvalue weighted by Gasteiger charge is -2.11. The van der Waals surface area contributed by atoms with Crippen LogP contribution in [0.1, 0.15) is 18.6 Å². The van der Waals surface area contributed by atoms with Crippen molar-refractivity contribution in [1.82, 2.24) is 0 Å². The smallest absolute Gasteiger partial charge is 0.250 e. The maximum Gasteiger partial charge on any atom is 0.250 e. The second-order valence-electron chi connectivity index (χ2n) is 3.21. The summed E-state index contributed by atoms with van der Waals surface area (Å²) in [5, 5.41) is 11.2. The van der Waals surface area contributed by atoms with Crippen molar-refractivity contribution in [2.24, 2.45) is 0 Å². The maximum absolute atomic E-state index is 10.9. The fourth-order valence-corrected chi connectivity index (χ4v) is 1.21. The molecule has 2 N–H and O–H groups in total. The summed E-state index contributed by atoms with van der Waals surface area (Å²) in [6.07, 6.45) is -0.0176. The van der Waals surface area contributed by atoms with Crippen molar-refractivity contribution in [2.45, 2.75) is 13.0 Å². The number of methoxy groups -OCH3 is 1. The fourth-order valence-electron chi connectivity index (χ4n) is 1.21. The summed E-state index contributed by atoms with van der Waals surface area (Å²) in [6.45, 7) is 1.41. The molecule has 0 aromatic heterocycles. The van der Waals surface area contributed by atoms with Gasteiger partial charge in [-0.25, -0.2) is 0 Å². The standard InChI is InChI=1S/C11H15NO3/c1-8(15-2)9-4-3-5-10(6-9)12-11(14)7-13/h3-6,8,13H,7H2,1-2H3,(H,12,14). The molecule has 0 aliphatic carbocycles. The zero-order chi connectivity index (χ0) is 11.3. The van der Waals surface area contributed by atoms with Crippen molar-refractivity contribution < 1.29 is 14.6 Å². The summed E-state index contributed by atoms with van der Waals surface area (Å²) in [4.78, 5) is 10.9. The van der Waals surface area contributed by atoms with Crippen LogP contribution < -0.4 is 5.32 Å². The van der Waals surface area contributed by atoms with Crippen molar-refractivity contribution in [3.63, 3.8) is 0 Å². The molecule has 1 aromatic rings. The number of rotatable bonds is 4. The second kappa shape index (κ2) is 5.48. The number of anilines is 1. The van der Waals surface area contributed by atoms with Gasteiger partial charge in [-0.05, 0) is 24.6 Å². The topological polar surface area (TPSA) is 58.6 Å². The molecule has 0 spiro atoms. The minimum Gasteiger partial charge on any atom is -0.387 e. The lowest BCUT2D eigenvalue weighted by molar-refractivity contribution is -0.118. The predicted octanol–water partition coefficient (Wildman–Crippen LogP) is 1.32. The number of hydrogen-bond acceptors (Lipinski definition) is 3. The highest BCUT2D eigenvalue weighted by atomic mass is 16.5. The van der Waals surface area contributed by atoms with Gasteiger partial charge in [-0.2, -0.15) is 0 Å². The third-order valence-corrected chi connectivity index (χ3v) is 2.14. The molecule has 15 heavy (non-hydrogen) atoms. The van der Waals surface area contributed by atoms with Crippen LogP contribution in [-0.4, -0.2) is 24.7 Å². The van der Waals surface area contributed by atoms with E-state index < -0.39 is 12.5 Å². The number of benzene rings is 1. The van der Waals surface area contributed by atoms with E-state index in [1.165, 1.54) is 0 Å². The van der Waals surface area contributed by atoms with Crippen LogP contribution in [0.5, 0.6) is 0 Å². The van der Waals surface area contributed by atoms with E-state index >= 15 is 0 Å². The van der Waals surface area contributed by atoms with Crippen LogP contribution in [0.25, 0.3) is 0 Å². The van der Waals surface area contributed by atoms with Crippen molar-refractivity contribution in [3.05, 3.63) is 29.8 Å². The Labute approximate surface area is 88.9 Å². The van der Waals surface area contributed by atoms with Crippen LogP contribution in [0.4, 0.5) is 5.69 Å². The molecule has 1 rings (SSSR count). The number of amides is 1. The monoisotopic (exact) mass is 209 g/mol. The third kappa shape index (κ3) is 3.34. The van der Waals surface area contributed by atoms with Crippen LogP contribution in [-0.2, 0) is 9.53 Å². The van der Waals surface area contributed by atoms with Gasteiger partial charge in [-0.1, -0.05) is 12.1 Å². The van der Waals surface area contributed by atoms with Gasteiger partial charge in [0.2, 0.25) is 5.91 Å². The van der Waals surface area contributed by atoms with E-state index in [1.54, 1.807) is 13.2 Å². The average Bonchev–Trinajstić information content (AvgIpc) is 2.28. The van der Waals surface area contributed by atoms with Gasteiger partial charge in [0.1, 0.15) is 6.61 Å². The highest BCUT2D eigenvalue weighted by Gasteiger charge is 2.05. The number of aliphatic hydroxyl groups excluding tert-OH is 1. The number of hydrogen-bond donors (Lipinski definition) is 2. The first-order chi connectivity index (χ1) is 7.17. The molecule has 0 heterocycles. The van der Waals surface area contributed by atoms with Crippen LogP contribution in [0, 0.1) is 0 Å². The lowest BCUT2D eigenvalue weighted by Crippen LogP contribution is -2.15. The zero-order valence-corrected chi connectivity index (χ0v) is 8.86. The minimum atomic E-state index is -0.510. The average molecular weight is 209 g/mol. The summed E-state index contributed by atoms with van der Waals surface area (Å²) < 4.78 is 5.16. The van der Waals surface area contributed by atoms with Crippen molar-refractivity contribution in [3.8, 4) is 0 Å². The Morgan fingerprint density at radius 1 is 1.60 bits per heavy atom. The molecule has 0 saturated heterocycles. The molecule has 0 aliphatic rings. The molecule has 0 saturated carbocycles. The van der Waals surface area contributed by atoms with E-state index in [9.17, 15) is 4.79 Å². The summed E-state index contributed by atoms with van der Waals surface area (Å²) in [6, 6.07) is 7.34. The summed E-state index contributed by atoms with van der Waals surface area (Å²) >= 11 is 0. The summed E-state index contributed by atoms with van der Waals surface area (Å²) in [5.74, 6) is -0.419. The van der Waals surface area contributed by atoms with Gasteiger partial charge in [0, 0.05) is 12.8 Å². The van der Waals surface area contributed by atoms with E-state index in [4.69, 9.17) is 9.84 Å². The molecule has 4 heteroatoms. The Balaban J connectivity index is 2.78. The van der Waals surface area contributed by atoms with Gasteiger partial charge in [0.25, 0.3) is 0 Å². The highest BCUT2D eigenvalue weighted by molar-refractivity contribution is 5.91. The molecule has 1 aromatic carbocycles. The van der Waals surface area contributed by atoms with Gasteiger partial charge in [0.05, 0.1) is 6.10 Å². The molecule has 4 nitrogen and oxygen atoms in total. The van der Waals surface area contributed by atoms with Crippen LogP contribution in [0.2, 0.25) is 0 Å². The molecule has 0 aliphatic heterocycles. The third-order valence-electron chi connectivity index (χ3n) is 2.14. The molecule has 0 radical (unpaired) electrons. The number of carbonyl (C=O) groups excluding carboxylic acids is 1. The fraction of sp³-hybridized carbons (Fsp3) is 0.364. The molecular formula is C11H15NO3. The first-order valence-corrected chi connectivity index (χ1v) is 4.71. The predicted molar refractivity (Wildman–Crippen MR) is 57.6 cm³/mol. The normalized spacial score (nSPS) is 12.2. The second-order valence-corrected chi connectivity index (χ2v) is 3.21. The van der Waals surface area contributed by atoms with Crippen molar-refractivity contribution in [2.75, 3.05) is 19.0 Å². The van der Waals surface area contributed by atoms with E-state index in [1.807, 2.05) is 25.1 Å². The Bertz CT molecular complexity index is 338. The van der Waals surface area contributed by atoms with Crippen LogP contribution >= 0.6 is 0 Å². The molecule has 0 bridgehead atoms. The first-order valence-electron chi connectivity index (χ1n) is 4.71. The summed E-state index contributed by atoms with van der Waals surface area (Å²) in [7, 11) is 1.63. The van der Waals surface area contributed by atoms with E-state index in [0.717, 1.165) is 5.56 Å². The SMILES string of the molecule is COC(C)c1cccc(NC(=O)CO)c1. The Morgan fingerprint density at radius 2 is 2.33 bits per heavy atom. The van der Waals surface area contributed by atoms with Crippen LogP contribution in [0.15, 0.2) is 24.3 Å². The highest BCUT2D eigenvalue weighted by Crippen LogP contribution is 2.19. The molecular weight excluding hydrogens is 194 g/mol. The van der Waals surface area contributed by atoms with Crippen molar-refractivity contribution in [1.29, 1.82) is 0 Å². The summed E-state index contributed by atoms with van der Waals surface area (Å²) in [5.41, 5.74) is 1.64. The largest absolute Gasteiger partial charge is 0.387 e. The molecule has 1 atom stereocenters. The van der Waals surface area contributed by atoms with E-state index in [-0.39, 0.29) is 6.10 Å². The zero-order valence-electron chi connectivity index (χ0n) is 8.86. The minimum absolute atomic E-state index is 0.0176. The molecule has 1 unspecified atom stereocenters. The number of ether oxygens (including phenoxy) is 1. The lowest BCUT2D eigenvalue weighted by atomic mass is 10.1. The van der Waals surface area contributed by atoms with E-state index in [2.05, 4.69) is 5.32 Å². The van der Waals surface area contributed by atoms with Crippen molar-refractivity contribution >= 4 is 11.6 Å². The Hall–Kier alpha value is -1.39. The first kappa shape index (κ1) is 11.7. The van der Waals surface area contributed by atoms with Gasteiger partial charge in [-0.3, -0.25) is 4.79 Å². The van der Waals surface area contributed by atoms with Gasteiger partial charge in [-0.15, -0.1) is 0 Å². The number of aliphatic hydroxyl groups is 1. The number of nitrogens with one attached hydrogen (secondary N) is 1. The maximum atomic E-state index is 10.9. The quantitative estimate of drug-likeness (QED) is 0.786. The van der Waals surface area contributed by atoms with Gasteiger partial charge >= 0.3 is 0 Å². The van der Waals surface area contributed by atoms with E-state index in [0.29, 0.717) is 5.69 Å². The molecule has 1 amide bonds. The molecule has 0 fully saturated rings. The number of carbonyl (C=O) groups is 1. The van der Waals surface area contributed by atoms with Crippen LogP contribution in [0.3, 0.4) is 0 Å². The Kier molecular flexibility index (Phi) is 4.27. The van der Waals surface area contributed by atoms with Gasteiger partial charge < -0.3 is 15.2 Å².